The van der Waals surface area contributed by atoms with Crippen LogP contribution in [0.25, 0.3) is 5.65 Å². The van der Waals surface area contributed by atoms with Gasteiger partial charge in [-0.1, -0.05) is 18.2 Å². The van der Waals surface area contributed by atoms with Crippen LogP contribution in [0.3, 0.4) is 0 Å². The number of fused-ring (bicyclic) bond motifs is 1. The average molecular weight is 365 g/mol. The van der Waals surface area contributed by atoms with E-state index in [0.717, 1.165) is 11.3 Å². The van der Waals surface area contributed by atoms with Gasteiger partial charge in [-0.05, 0) is 29.8 Å². The Morgan fingerprint density at radius 2 is 1.92 bits per heavy atom. The van der Waals surface area contributed by atoms with Gasteiger partial charge in [-0.15, -0.1) is 5.10 Å². The largest absolute Gasteiger partial charge is 0.497 e. The fourth-order valence-corrected chi connectivity index (χ4v) is 2.20. The lowest BCUT2D eigenvalue weighted by Gasteiger charge is -2.08. The van der Waals surface area contributed by atoms with E-state index in [1.807, 2.05) is 24.3 Å². The van der Waals surface area contributed by atoms with Gasteiger partial charge in [-0.25, -0.2) is 0 Å². The standard InChI is InChI=1S/C16H14F3N5O2/c1-26-11-7-5-10(6-8-11)9-20-12-3-2-4-13-21-15(23-24(12)13)22-14(25)16(17,18)19/h2-8,20H,9H2,1H3,(H,22,23,25). The van der Waals surface area contributed by atoms with Gasteiger partial charge in [0.2, 0.25) is 5.95 Å². The number of amides is 1. The summed E-state index contributed by atoms with van der Waals surface area (Å²) < 4.78 is 43.4. The van der Waals surface area contributed by atoms with Gasteiger partial charge < -0.3 is 10.1 Å². The number of aromatic nitrogens is 3. The molecule has 0 spiro atoms. The van der Waals surface area contributed by atoms with Gasteiger partial charge in [-0.3, -0.25) is 10.1 Å². The van der Waals surface area contributed by atoms with Crippen LogP contribution < -0.4 is 15.4 Å². The number of ether oxygens (including phenoxy) is 1. The second kappa shape index (κ2) is 6.90. The zero-order valence-corrected chi connectivity index (χ0v) is 13.5. The molecule has 0 saturated carbocycles. The quantitative estimate of drug-likeness (QED) is 0.727. The number of methoxy groups -OCH3 is 1. The zero-order valence-electron chi connectivity index (χ0n) is 13.5. The topological polar surface area (TPSA) is 80.5 Å². The van der Waals surface area contributed by atoms with Crippen LogP contribution in [0.4, 0.5) is 24.9 Å². The molecule has 0 bridgehead atoms. The Balaban J connectivity index is 1.77. The van der Waals surface area contributed by atoms with Crippen molar-refractivity contribution in [2.45, 2.75) is 12.7 Å². The number of hydrogen-bond donors (Lipinski definition) is 2. The van der Waals surface area contributed by atoms with Gasteiger partial charge in [0.1, 0.15) is 11.6 Å². The molecule has 1 aromatic carbocycles. The van der Waals surface area contributed by atoms with Crippen LogP contribution in [-0.4, -0.2) is 33.8 Å². The summed E-state index contributed by atoms with van der Waals surface area (Å²) in [5.41, 5.74) is 1.26. The molecule has 0 aliphatic rings. The molecule has 2 heterocycles. The first-order chi connectivity index (χ1) is 12.4. The molecular formula is C16H14F3N5O2. The Hall–Kier alpha value is -3.30. The number of carbonyl (C=O) groups excluding carboxylic acids is 1. The SMILES string of the molecule is COc1ccc(CNc2cccc3nc(NC(=O)C(F)(F)F)nn23)cc1. The molecule has 0 saturated heterocycles. The van der Waals surface area contributed by atoms with Gasteiger partial charge in [0.25, 0.3) is 0 Å². The van der Waals surface area contributed by atoms with Crippen LogP contribution >= 0.6 is 0 Å². The summed E-state index contributed by atoms with van der Waals surface area (Å²) >= 11 is 0. The second-order valence-electron chi connectivity index (χ2n) is 5.27. The lowest BCUT2D eigenvalue weighted by atomic mass is 10.2. The van der Waals surface area contributed by atoms with E-state index in [1.54, 1.807) is 30.6 Å². The molecule has 26 heavy (non-hydrogen) atoms. The normalized spacial score (nSPS) is 11.4. The average Bonchev–Trinajstić information content (AvgIpc) is 3.02. The highest BCUT2D eigenvalue weighted by Gasteiger charge is 2.39. The van der Waals surface area contributed by atoms with E-state index in [0.29, 0.717) is 18.0 Å². The van der Waals surface area contributed by atoms with Crippen LogP contribution in [0, 0.1) is 0 Å². The number of halogens is 3. The van der Waals surface area contributed by atoms with E-state index >= 15 is 0 Å². The highest BCUT2D eigenvalue weighted by Crippen LogP contribution is 2.19. The molecule has 0 radical (unpaired) electrons. The highest BCUT2D eigenvalue weighted by atomic mass is 19.4. The summed E-state index contributed by atoms with van der Waals surface area (Å²) in [6.45, 7) is 0.452. The van der Waals surface area contributed by atoms with E-state index in [2.05, 4.69) is 15.4 Å². The van der Waals surface area contributed by atoms with Gasteiger partial charge >= 0.3 is 12.1 Å². The molecule has 2 aromatic heterocycles. The number of rotatable bonds is 5. The molecular weight excluding hydrogens is 351 g/mol. The lowest BCUT2D eigenvalue weighted by molar-refractivity contribution is -0.167. The Bertz CT molecular complexity index is 922. The Kier molecular flexibility index (Phi) is 4.65. The number of hydrogen-bond acceptors (Lipinski definition) is 5. The summed E-state index contributed by atoms with van der Waals surface area (Å²) in [5, 5.41) is 8.66. The van der Waals surface area contributed by atoms with Gasteiger partial charge in [0.05, 0.1) is 7.11 Å². The van der Waals surface area contributed by atoms with Crippen molar-refractivity contribution in [3.8, 4) is 5.75 Å². The highest BCUT2D eigenvalue weighted by molar-refractivity contribution is 5.93. The molecule has 3 aromatic rings. The molecule has 0 aliphatic carbocycles. The first kappa shape index (κ1) is 17.5. The summed E-state index contributed by atoms with van der Waals surface area (Å²) in [4.78, 5) is 14.9. The van der Waals surface area contributed by atoms with Crippen molar-refractivity contribution in [3.05, 3.63) is 48.0 Å². The smallest absolute Gasteiger partial charge is 0.471 e. The number of benzene rings is 1. The Morgan fingerprint density at radius 3 is 2.58 bits per heavy atom. The van der Waals surface area contributed by atoms with Crippen LogP contribution in [0.1, 0.15) is 5.56 Å². The number of nitrogens with zero attached hydrogens (tertiary/aromatic N) is 3. The number of carbonyl (C=O) groups is 1. The molecule has 0 unspecified atom stereocenters. The maximum Gasteiger partial charge on any atom is 0.471 e. The number of nitrogens with one attached hydrogen (secondary N) is 2. The Labute approximate surface area is 145 Å². The summed E-state index contributed by atoms with van der Waals surface area (Å²) in [7, 11) is 1.58. The molecule has 2 N–H and O–H groups in total. The number of anilines is 2. The van der Waals surface area contributed by atoms with Gasteiger partial charge in [-0.2, -0.15) is 22.7 Å². The van der Waals surface area contributed by atoms with Crippen molar-refractivity contribution in [3.63, 3.8) is 0 Å². The minimum atomic E-state index is -5.01. The van der Waals surface area contributed by atoms with Crippen molar-refractivity contribution < 1.29 is 22.7 Å². The molecule has 3 rings (SSSR count). The first-order valence-corrected chi connectivity index (χ1v) is 7.47. The summed E-state index contributed by atoms with van der Waals surface area (Å²) in [6, 6.07) is 12.3. The predicted molar refractivity (Wildman–Crippen MR) is 88.0 cm³/mol. The molecule has 136 valence electrons. The number of alkyl halides is 3. The Morgan fingerprint density at radius 1 is 1.19 bits per heavy atom. The maximum absolute atomic E-state index is 12.3. The predicted octanol–water partition coefficient (Wildman–Crippen LogP) is 2.85. The monoisotopic (exact) mass is 365 g/mol. The first-order valence-electron chi connectivity index (χ1n) is 7.47. The molecule has 0 atom stereocenters. The van der Waals surface area contributed by atoms with Gasteiger partial charge in [0.15, 0.2) is 5.65 Å². The lowest BCUT2D eigenvalue weighted by Crippen LogP contribution is -2.30. The molecule has 0 aliphatic heterocycles. The van der Waals surface area contributed by atoms with E-state index in [-0.39, 0.29) is 0 Å². The van der Waals surface area contributed by atoms with Crippen LogP contribution in [-0.2, 0) is 11.3 Å². The molecule has 7 nitrogen and oxygen atoms in total. The van der Waals surface area contributed by atoms with Crippen LogP contribution in [0.15, 0.2) is 42.5 Å². The van der Waals surface area contributed by atoms with Crippen LogP contribution in [0.5, 0.6) is 5.75 Å². The molecule has 0 fully saturated rings. The summed E-state index contributed by atoms with van der Waals surface area (Å²) in [6.07, 6.45) is -5.01. The van der Waals surface area contributed by atoms with E-state index in [4.69, 9.17) is 4.74 Å². The molecule has 1 amide bonds. The maximum atomic E-state index is 12.3. The second-order valence-corrected chi connectivity index (χ2v) is 5.27. The summed E-state index contributed by atoms with van der Waals surface area (Å²) in [5.74, 6) is -1.30. The van der Waals surface area contributed by atoms with Gasteiger partial charge in [0, 0.05) is 6.54 Å². The fourth-order valence-electron chi connectivity index (χ4n) is 2.20. The minimum Gasteiger partial charge on any atom is -0.497 e. The minimum absolute atomic E-state index is 0.294. The third kappa shape index (κ3) is 3.85. The third-order valence-electron chi connectivity index (χ3n) is 3.48. The van der Waals surface area contributed by atoms with E-state index < -0.39 is 18.0 Å². The molecule has 10 heteroatoms. The van der Waals surface area contributed by atoms with Crippen molar-refractivity contribution in [1.82, 2.24) is 14.6 Å². The van der Waals surface area contributed by atoms with Crippen molar-refractivity contribution in [2.75, 3.05) is 17.7 Å². The van der Waals surface area contributed by atoms with E-state index in [1.165, 1.54) is 4.52 Å². The third-order valence-corrected chi connectivity index (χ3v) is 3.48. The van der Waals surface area contributed by atoms with Crippen molar-refractivity contribution in [1.29, 1.82) is 0 Å². The van der Waals surface area contributed by atoms with Crippen LogP contribution in [0.2, 0.25) is 0 Å². The fraction of sp³-hybridized carbons (Fsp3) is 0.188. The van der Waals surface area contributed by atoms with Crippen molar-refractivity contribution in [2.24, 2.45) is 0 Å². The zero-order chi connectivity index (χ0) is 18.7. The van der Waals surface area contributed by atoms with Crippen molar-refractivity contribution >= 4 is 23.3 Å². The van der Waals surface area contributed by atoms with E-state index in [9.17, 15) is 18.0 Å². The number of pyridine rings is 1.